The first-order chi connectivity index (χ1) is 16.0. The van der Waals surface area contributed by atoms with Crippen molar-refractivity contribution in [2.75, 3.05) is 48.9 Å². The van der Waals surface area contributed by atoms with E-state index in [2.05, 4.69) is 0 Å². The number of carbonyl (C=O) groups excluding carboxylic acids is 1. The fraction of sp³-hybridized carbons (Fsp3) is 0.458. The maximum absolute atomic E-state index is 12.6. The first-order valence-electron chi connectivity index (χ1n) is 10.4. The SMILES string of the molecule is COCOc1ccc(C(O)[C@H]2C(=O)OC[C@@H]2Cc2cc(OC)c(OC)c(OC)c2)cc1OC. The molecule has 1 aliphatic rings. The van der Waals surface area contributed by atoms with Crippen LogP contribution in [0.4, 0.5) is 0 Å². The maximum Gasteiger partial charge on any atom is 0.312 e. The number of esters is 1. The molecule has 0 aliphatic carbocycles. The highest BCUT2D eigenvalue weighted by atomic mass is 16.7. The summed E-state index contributed by atoms with van der Waals surface area (Å²) in [6.45, 7) is 0.257. The standard InChI is InChI=1S/C24H30O9/c1-27-13-33-17-7-6-15(11-18(17)28-2)22(25)21-16(12-32-24(21)26)8-14-9-19(29-3)23(31-5)20(10-14)30-4/h6-7,9-11,16,21-22,25H,8,12-13H2,1-5H3/t16-,21-,22?/m0/s1. The molecule has 3 rings (SSSR count). The second-order valence-corrected chi connectivity index (χ2v) is 7.56. The van der Waals surface area contributed by atoms with Crippen LogP contribution in [0.2, 0.25) is 0 Å². The van der Waals surface area contributed by atoms with Crippen LogP contribution in [-0.2, 0) is 20.7 Å². The van der Waals surface area contributed by atoms with Crippen molar-refractivity contribution in [2.24, 2.45) is 11.8 Å². The molecule has 0 amide bonds. The number of aliphatic hydroxyl groups excluding tert-OH is 1. The Bertz CT molecular complexity index is 934. The van der Waals surface area contributed by atoms with Gasteiger partial charge in [-0.1, -0.05) is 6.07 Å². The van der Waals surface area contributed by atoms with Crippen molar-refractivity contribution in [3.8, 4) is 28.7 Å². The van der Waals surface area contributed by atoms with Gasteiger partial charge in [0.05, 0.1) is 47.1 Å². The third kappa shape index (κ3) is 5.26. The molecule has 0 saturated carbocycles. The highest BCUT2D eigenvalue weighted by molar-refractivity contribution is 5.76. The van der Waals surface area contributed by atoms with E-state index in [9.17, 15) is 9.90 Å². The number of rotatable bonds is 11. The maximum atomic E-state index is 12.6. The fourth-order valence-electron chi connectivity index (χ4n) is 4.03. The Labute approximate surface area is 193 Å². The second kappa shape index (κ2) is 11.1. The summed E-state index contributed by atoms with van der Waals surface area (Å²) in [6.07, 6.45) is -0.617. The van der Waals surface area contributed by atoms with Crippen molar-refractivity contribution < 1.29 is 43.1 Å². The quantitative estimate of drug-likeness (QED) is 0.399. The average Bonchev–Trinajstić information content (AvgIpc) is 3.20. The zero-order valence-corrected chi connectivity index (χ0v) is 19.5. The minimum atomic E-state index is -1.09. The summed E-state index contributed by atoms with van der Waals surface area (Å²) < 4.78 is 37.3. The lowest BCUT2D eigenvalue weighted by Crippen LogP contribution is -2.25. The second-order valence-electron chi connectivity index (χ2n) is 7.56. The number of methoxy groups -OCH3 is 5. The van der Waals surface area contributed by atoms with Gasteiger partial charge < -0.3 is 38.3 Å². The first-order valence-corrected chi connectivity index (χ1v) is 10.4. The highest BCUT2D eigenvalue weighted by Crippen LogP contribution is 2.42. The van der Waals surface area contributed by atoms with Crippen LogP contribution in [0, 0.1) is 11.8 Å². The Morgan fingerprint density at radius 1 is 0.939 bits per heavy atom. The molecule has 1 aliphatic heterocycles. The summed E-state index contributed by atoms with van der Waals surface area (Å²) in [7, 11) is 7.65. The van der Waals surface area contributed by atoms with E-state index in [4.69, 9.17) is 33.2 Å². The molecular formula is C24H30O9. The summed E-state index contributed by atoms with van der Waals surface area (Å²) in [5.74, 6) is 0.969. The zero-order valence-electron chi connectivity index (χ0n) is 19.5. The van der Waals surface area contributed by atoms with Crippen molar-refractivity contribution >= 4 is 5.97 Å². The van der Waals surface area contributed by atoms with Gasteiger partial charge in [-0.05, 0) is 41.8 Å². The molecule has 9 nitrogen and oxygen atoms in total. The molecule has 0 spiro atoms. The van der Waals surface area contributed by atoms with Crippen LogP contribution >= 0.6 is 0 Å². The third-order valence-corrected chi connectivity index (χ3v) is 5.64. The van der Waals surface area contributed by atoms with Gasteiger partial charge in [0.2, 0.25) is 5.75 Å². The van der Waals surface area contributed by atoms with Crippen molar-refractivity contribution in [3.05, 3.63) is 41.5 Å². The van der Waals surface area contributed by atoms with Crippen LogP contribution in [-0.4, -0.2) is 60.0 Å². The van der Waals surface area contributed by atoms with E-state index >= 15 is 0 Å². The van der Waals surface area contributed by atoms with Crippen LogP contribution < -0.4 is 23.7 Å². The minimum Gasteiger partial charge on any atom is -0.493 e. The van der Waals surface area contributed by atoms with Gasteiger partial charge in [-0.2, -0.15) is 0 Å². The number of aliphatic hydroxyl groups is 1. The third-order valence-electron chi connectivity index (χ3n) is 5.64. The fourth-order valence-corrected chi connectivity index (χ4v) is 4.03. The van der Waals surface area contributed by atoms with Crippen molar-refractivity contribution in [2.45, 2.75) is 12.5 Å². The van der Waals surface area contributed by atoms with Crippen LogP contribution in [0.5, 0.6) is 28.7 Å². The van der Waals surface area contributed by atoms with Gasteiger partial charge in [0.25, 0.3) is 0 Å². The van der Waals surface area contributed by atoms with E-state index < -0.39 is 18.0 Å². The van der Waals surface area contributed by atoms with Gasteiger partial charge in [-0.3, -0.25) is 4.79 Å². The van der Waals surface area contributed by atoms with Crippen LogP contribution in [0.3, 0.4) is 0 Å². The Hall–Kier alpha value is -3.17. The molecule has 3 atom stereocenters. The number of hydrogen-bond donors (Lipinski definition) is 1. The zero-order chi connectivity index (χ0) is 24.0. The molecule has 180 valence electrons. The van der Waals surface area contributed by atoms with E-state index in [1.165, 1.54) is 21.3 Å². The molecule has 33 heavy (non-hydrogen) atoms. The lowest BCUT2D eigenvalue weighted by Gasteiger charge is -2.23. The van der Waals surface area contributed by atoms with Gasteiger partial charge in [0.15, 0.2) is 29.8 Å². The highest BCUT2D eigenvalue weighted by Gasteiger charge is 2.42. The number of carbonyl (C=O) groups is 1. The molecule has 1 N–H and O–H groups in total. The smallest absolute Gasteiger partial charge is 0.312 e. The van der Waals surface area contributed by atoms with Crippen molar-refractivity contribution in [3.63, 3.8) is 0 Å². The molecule has 2 aromatic carbocycles. The largest absolute Gasteiger partial charge is 0.493 e. The number of benzene rings is 2. The Morgan fingerprint density at radius 3 is 2.18 bits per heavy atom. The van der Waals surface area contributed by atoms with Gasteiger partial charge >= 0.3 is 5.97 Å². The molecule has 1 fully saturated rings. The predicted octanol–water partition coefficient (Wildman–Crippen LogP) is 2.77. The van der Waals surface area contributed by atoms with Gasteiger partial charge in [-0.25, -0.2) is 0 Å². The average molecular weight is 462 g/mol. The summed E-state index contributed by atoms with van der Waals surface area (Å²) >= 11 is 0. The Balaban J connectivity index is 1.85. The van der Waals surface area contributed by atoms with E-state index in [1.54, 1.807) is 32.4 Å². The number of ether oxygens (including phenoxy) is 7. The van der Waals surface area contributed by atoms with Gasteiger partial charge in [0, 0.05) is 13.0 Å². The molecule has 1 saturated heterocycles. The van der Waals surface area contributed by atoms with E-state index in [0.717, 1.165) is 5.56 Å². The monoisotopic (exact) mass is 462 g/mol. The lowest BCUT2D eigenvalue weighted by atomic mass is 9.83. The summed E-state index contributed by atoms with van der Waals surface area (Å²) in [4.78, 5) is 12.6. The van der Waals surface area contributed by atoms with E-state index in [1.807, 2.05) is 12.1 Å². The normalized spacial score (nSPS) is 18.4. The molecule has 0 aromatic heterocycles. The lowest BCUT2D eigenvalue weighted by molar-refractivity contribution is -0.144. The van der Waals surface area contributed by atoms with Crippen molar-refractivity contribution in [1.29, 1.82) is 0 Å². The molecule has 9 heteroatoms. The van der Waals surface area contributed by atoms with Gasteiger partial charge in [-0.15, -0.1) is 0 Å². The Morgan fingerprint density at radius 2 is 1.61 bits per heavy atom. The van der Waals surface area contributed by atoms with Gasteiger partial charge in [0.1, 0.15) is 0 Å². The number of hydrogen-bond acceptors (Lipinski definition) is 9. The summed E-state index contributed by atoms with van der Waals surface area (Å²) in [5.41, 5.74) is 1.39. The predicted molar refractivity (Wildman–Crippen MR) is 118 cm³/mol. The molecule has 0 radical (unpaired) electrons. The molecule has 1 unspecified atom stereocenters. The van der Waals surface area contributed by atoms with Crippen LogP contribution in [0.1, 0.15) is 17.2 Å². The summed E-state index contributed by atoms with van der Waals surface area (Å²) in [6, 6.07) is 8.68. The van der Waals surface area contributed by atoms with Crippen LogP contribution in [0.25, 0.3) is 0 Å². The topological polar surface area (TPSA) is 102 Å². The molecule has 1 heterocycles. The number of cyclic esters (lactones) is 1. The molecular weight excluding hydrogens is 432 g/mol. The van der Waals surface area contributed by atoms with E-state index in [-0.39, 0.29) is 19.3 Å². The Kier molecular flexibility index (Phi) is 8.24. The van der Waals surface area contributed by atoms with Crippen molar-refractivity contribution in [1.82, 2.24) is 0 Å². The minimum absolute atomic E-state index is 0.0596. The first kappa shape index (κ1) is 24.5. The molecule has 0 bridgehead atoms. The molecule has 2 aromatic rings. The van der Waals surface area contributed by atoms with E-state index in [0.29, 0.717) is 40.7 Å². The summed E-state index contributed by atoms with van der Waals surface area (Å²) in [5, 5.41) is 11.1. The van der Waals surface area contributed by atoms with Crippen LogP contribution in [0.15, 0.2) is 30.3 Å².